The van der Waals surface area contributed by atoms with Crippen molar-refractivity contribution in [2.75, 3.05) is 5.75 Å². The molecule has 2 heterocycles. The maximum atomic E-state index is 11.5. The second kappa shape index (κ2) is 3.57. The topological polar surface area (TPSA) is 113 Å². The Morgan fingerprint density at radius 1 is 1.56 bits per heavy atom. The molecule has 0 bridgehead atoms. The molecule has 0 atom stereocenters. The third kappa shape index (κ3) is 1.35. The number of carbonyl (C=O) groups excluding carboxylic acids is 2. The van der Waals surface area contributed by atoms with Crippen LogP contribution in [-0.4, -0.2) is 22.5 Å². The van der Waals surface area contributed by atoms with E-state index in [1.165, 1.54) is 16.7 Å². The molecule has 0 aromatic rings. The molecule has 6 nitrogen and oxygen atoms in total. The van der Waals surface area contributed by atoms with Gasteiger partial charge in [0.25, 0.3) is 0 Å². The summed E-state index contributed by atoms with van der Waals surface area (Å²) in [5, 5.41) is 9.33. The Labute approximate surface area is 95.5 Å². The Bertz CT molecular complexity index is 500. The lowest BCUT2D eigenvalue weighted by molar-refractivity contribution is -0.124. The summed E-state index contributed by atoms with van der Waals surface area (Å²) in [6, 6.07) is 1.88. The third-order valence-corrected chi connectivity index (χ3v) is 3.47. The van der Waals surface area contributed by atoms with E-state index < -0.39 is 5.91 Å². The first-order chi connectivity index (χ1) is 7.56. The van der Waals surface area contributed by atoms with Crippen molar-refractivity contribution in [2.45, 2.75) is 6.42 Å². The van der Waals surface area contributed by atoms with Crippen molar-refractivity contribution < 1.29 is 9.59 Å². The normalized spacial score (nSPS) is 19.9. The van der Waals surface area contributed by atoms with Gasteiger partial charge in [0.05, 0.1) is 28.0 Å². The van der Waals surface area contributed by atoms with E-state index in [0.717, 1.165) is 0 Å². The number of amides is 2. The fraction of sp³-hybridized carbons (Fsp3) is 0.222. The zero-order valence-electron chi connectivity index (χ0n) is 8.19. The molecular formula is C9H8N4O2S. The number of fused-ring (bicyclic) bond motifs is 1. The molecule has 0 aromatic heterocycles. The van der Waals surface area contributed by atoms with E-state index in [1.807, 2.05) is 6.07 Å². The standard InChI is InChI=1S/C9H8N4O2S/c10-2-4-1-5(8(12)15)9-13(7(4)11)6(14)3-16-9/h1,3,11H2,(H2,12,15). The number of nitrogens with two attached hydrogens (primary N) is 2. The van der Waals surface area contributed by atoms with Crippen LogP contribution in [0.3, 0.4) is 0 Å². The minimum atomic E-state index is -0.623. The Balaban J connectivity index is 2.56. The molecule has 1 saturated heterocycles. The van der Waals surface area contributed by atoms with Crippen LogP contribution in [0.1, 0.15) is 6.42 Å². The third-order valence-electron chi connectivity index (χ3n) is 2.38. The van der Waals surface area contributed by atoms with Gasteiger partial charge in [-0.25, -0.2) is 0 Å². The first kappa shape index (κ1) is 10.6. The van der Waals surface area contributed by atoms with E-state index in [9.17, 15) is 9.59 Å². The monoisotopic (exact) mass is 236 g/mol. The Morgan fingerprint density at radius 2 is 2.25 bits per heavy atom. The Kier molecular flexibility index (Phi) is 2.36. The fourth-order valence-corrected chi connectivity index (χ4v) is 2.67. The number of rotatable bonds is 1. The molecule has 2 aliphatic heterocycles. The molecule has 0 saturated carbocycles. The molecule has 0 unspecified atom stereocenters. The minimum absolute atomic E-state index is 0.101. The highest BCUT2D eigenvalue weighted by molar-refractivity contribution is 8.04. The fourth-order valence-electron chi connectivity index (χ4n) is 1.61. The van der Waals surface area contributed by atoms with Gasteiger partial charge in [0, 0.05) is 6.42 Å². The van der Waals surface area contributed by atoms with Gasteiger partial charge in [-0.15, -0.1) is 0 Å². The SMILES string of the molecule is N#CC1=C(N)N2C(=O)CSC2=C(C(N)=O)C1. The largest absolute Gasteiger partial charge is 0.384 e. The molecule has 2 aliphatic rings. The number of hydrogen-bond donors (Lipinski definition) is 2. The number of nitriles is 1. The molecule has 0 radical (unpaired) electrons. The molecule has 2 amide bonds. The van der Waals surface area contributed by atoms with Crippen molar-refractivity contribution in [2.24, 2.45) is 11.5 Å². The van der Waals surface area contributed by atoms with E-state index in [1.54, 1.807) is 0 Å². The number of primary amides is 1. The van der Waals surface area contributed by atoms with Crippen LogP contribution in [-0.2, 0) is 9.59 Å². The first-order valence-corrected chi connectivity index (χ1v) is 5.42. The maximum absolute atomic E-state index is 11.5. The molecule has 1 fully saturated rings. The van der Waals surface area contributed by atoms with Gasteiger partial charge in [-0.3, -0.25) is 14.5 Å². The number of thioether (sulfide) groups is 1. The maximum Gasteiger partial charge on any atom is 0.247 e. The van der Waals surface area contributed by atoms with Crippen molar-refractivity contribution in [3.63, 3.8) is 0 Å². The van der Waals surface area contributed by atoms with Gasteiger partial charge < -0.3 is 11.5 Å². The summed E-state index contributed by atoms with van der Waals surface area (Å²) < 4.78 is 0. The van der Waals surface area contributed by atoms with Gasteiger partial charge >= 0.3 is 0 Å². The highest BCUT2D eigenvalue weighted by atomic mass is 32.2. The smallest absolute Gasteiger partial charge is 0.247 e. The van der Waals surface area contributed by atoms with E-state index in [4.69, 9.17) is 16.7 Å². The van der Waals surface area contributed by atoms with Crippen LogP contribution in [0.25, 0.3) is 0 Å². The zero-order valence-corrected chi connectivity index (χ0v) is 9.00. The van der Waals surface area contributed by atoms with Crippen LogP contribution in [0.5, 0.6) is 0 Å². The molecule has 0 aliphatic carbocycles. The van der Waals surface area contributed by atoms with Gasteiger partial charge in [-0.1, -0.05) is 11.8 Å². The predicted molar refractivity (Wildman–Crippen MR) is 57.0 cm³/mol. The van der Waals surface area contributed by atoms with E-state index in [0.29, 0.717) is 5.03 Å². The molecular weight excluding hydrogens is 228 g/mol. The van der Waals surface area contributed by atoms with Crippen molar-refractivity contribution in [1.82, 2.24) is 4.90 Å². The van der Waals surface area contributed by atoms with Gasteiger partial charge in [0.1, 0.15) is 5.82 Å². The summed E-state index contributed by atoms with van der Waals surface area (Å²) in [5.41, 5.74) is 11.4. The summed E-state index contributed by atoms with van der Waals surface area (Å²) in [4.78, 5) is 24.0. The molecule has 0 spiro atoms. The van der Waals surface area contributed by atoms with Gasteiger partial charge in [0.15, 0.2) is 0 Å². The Morgan fingerprint density at radius 3 is 2.81 bits per heavy atom. The lowest BCUT2D eigenvalue weighted by Gasteiger charge is -2.25. The van der Waals surface area contributed by atoms with Crippen LogP contribution in [0.4, 0.5) is 0 Å². The van der Waals surface area contributed by atoms with Crippen LogP contribution < -0.4 is 11.5 Å². The highest BCUT2D eigenvalue weighted by Crippen LogP contribution is 2.39. The molecule has 7 heteroatoms. The van der Waals surface area contributed by atoms with Crippen LogP contribution in [0.15, 0.2) is 22.0 Å². The van der Waals surface area contributed by atoms with Crippen molar-refractivity contribution in [3.8, 4) is 6.07 Å². The second-order valence-electron chi connectivity index (χ2n) is 3.32. The predicted octanol–water partition coefficient (Wildman–Crippen LogP) is -0.644. The van der Waals surface area contributed by atoms with Crippen molar-refractivity contribution in [1.29, 1.82) is 5.26 Å². The van der Waals surface area contributed by atoms with Gasteiger partial charge in [-0.05, 0) is 0 Å². The second-order valence-corrected chi connectivity index (χ2v) is 4.28. The van der Waals surface area contributed by atoms with E-state index in [-0.39, 0.29) is 35.0 Å². The van der Waals surface area contributed by atoms with E-state index in [2.05, 4.69) is 0 Å². The number of nitrogens with zero attached hydrogens (tertiary/aromatic N) is 2. The summed E-state index contributed by atoms with van der Waals surface area (Å²) in [7, 11) is 0. The first-order valence-electron chi connectivity index (χ1n) is 4.43. The lowest BCUT2D eigenvalue weighted by atomic mass is 10.0. The molecule has 0 aromatic carbocycles. The van der Waals surface area contributed by atoms with Crippen LogP contribution in [0.2, 0.25) is 0 Å². The average Bonchev–Trinajstić information content (AvgIpc) is 2.61. The van der Waals surface area contributed by atoms with E-state index >= 15 is 0 Å². The van der Waals surface area contributed by atoms with Gasteiger partial charge in [-0.2, -0.15) is 5.26 Å². The molecule has 2 rings (SSSR count). The van der Waals surface area contributed by atoms with Crippen LogP contribution >= 0.6 is 11.8 Å². The van der Waals surface area contributed by atoms with Crippen molar-refractivity contribution >= 4 is 23.6 Å². The highest BCUT2D eigenvalue weighted by Gasteiger charge is 2.37. The molecule has 82 valence electrons. The number of carbonyl (C=O) groups is 2. The minimum Gasteiger partial charge on any atom is -0.384 e. The Hall–Kier alpha value is -1.94. The van der Waals surface area contributed by atoms with Crippen molar-refractivity contribution in [3.05, 3.63) is 22.0 Å². The number of allylic oxidation sites excluding steroid dienone is 1. The molecule has 4 N–H and O–H groups in total. The summed E-state index contributed by atoms with van der Waals surface area (Å²) in [6.45, 7) is 0. The average molecular weight is 236 g/mol. The quantitative estimate of drug-likeness (QED) is 0.628. The van der Waals surface area contributed by atoms with Gasteiger partial charge in [0.2, 0.25) is 11.8 Å². The summed E-state index contributed by atoms with van der Waals surface area (Å²) >= 11 is 1.22. The van der Waals surface area contributed by atoms with Crippen LogP contribution in [0, 0.1) is 11.3 Å². The summed E-state index contributed by atoms with van der Waals surface area (Å²) in [6.07, 6.45) is 0.101. The zero-order chi connectivity index (χ0) is 11.9. The lowest BCUT2D eigenvalue weighted by Crippen LogP contribution is -2.34. The summed E-state index contributed by atoms with van der Waals surface area (Å²) in [5.74, 6) is -0.533. The number of hydrogen-bond acceptors (Lipinski definition) is 5. The molecule has 16 heavy (non-hydrogen) atoms.